The third kappa shape index (κ3) is 5.47. The highest BCUT2D eigenvalue weighted by Crippen LogP contribution is 2.45. The van der Waals surface area contributed by atoms with Crippen molar-refractivity contribution < 1.29 is 33.3 Å². The molecule has 0 aromatic heterocycles. The van der Waals surface area contributed by atoms with Gasteiger partial charge in [0.05, 0.1) is 25.2 Å². The minimum atomic E-state index is -0.680. The third-order valence-electron chi connectivity index (χ3n) is 6.15. The molecule has 2 aromatic carbocycles. The Morgan fingerprint density at radius 3 is 2.58 bits per heavy atom. The van der Waals surface area contributed by atoms with Crippen molar-refractivity contribution in [1.82, 2.24) is 0 Å². The minimum Gasteiger partial charge on any atom is -0.490 e. The summed E-state index contributed by atoms with van der Waals surface area (Å²) < 4.78 is 21.8. The van der Waals surface area contributed by atoms with Crippen LogP contribution >= 0.6 is 0 Å². The average molecular weight is 518 g/mol. The van der Waals surface area contributed by atoms with Gasteiger partial charge in [0.1, 0.15) is 17.4 Å². The fourth-order valence-corrected chi connectivity index (χ4v) is 4.43. The van der Waals surface area contributed by atoms with Gasteiger partial charge in [-0.25, -0.2) is 4.79 Å². The Labute approximate surface area is 219 Å². The number of hydrogen-bond acceptors (Lipinski definition) is 9. The first-order chi connectivity index (χ1) is 18.4. The molecule has 10 heteroatoms. The summed E-state index contributed by atoms with van der Waals surface area (Å²) in [5.74, 6) is -0.493. The number of ketones is 1. The molecular formula is C28H27N3O7. The zero-order chi connectivity index (χ0) is 27.2. The fourth-order valence-electron chi connectivity index (χ4n) is 4.43. The SMILES string of the molecule is CCOc1cc([C@H]2C(C#N)=C(N)OC3=C2C(=O)CCC3)ccc1OCC(=O)Nc1ccc(C(=O)OC)cc1. The molecule has 0 fully saturated rings. The normalized spacial score (nSPS) is 16.7. The number of nitrogens with one attached hydrogen (secondary N) is 1. The second kappa shape index (κ2) is 11.5. The first-order valence-corrected chi connectivity index (χ1v) is 12.1. The Hall–Kier alpha value is -4.78. The Morgan fingerprint density at radius 1 is 1.13 bits per heavy atom. The Kier molecular flexibility index (Phi) is 7.97. The van der Waals surface area contributed by atoms with Gasteiger partial charge in [0.15, 0.2) is 23.9 Å². The predicted octanol–water partition coefficient (Wildman–Crippen LogP) is 3.70. The van der Waals surface area contributed by atoms with Crippen LogP contribution in [-0.2, 0) is 19.1 Å². The molecule has 10 nitrogen and oxygen atoms in total. The van der Waals surface area contributed by atoms with Crippen molar-refractivity contribution >= 4 is 23.3 Å². The predicted molar refractivity (Wildman–Crippen MR) is 136 cm³/mol. The zero-order valence-corrected chi connectivity index (χ0v) is 21.0. The highest BCUT2D eigenvalue weighted by atomic mass is 16.5. The molecule has 1 heterocycles. The number of esters is 1. The maximum atomic E-state index is 12.8. The smallest absolute Gasteiger partial charge is 0.337 e. The van der Waals surface area contributed by atoms with Gasteiger partial charge >= 0.3 is 5.97 Å². The third-order valence-corrected chi connectivity index (χ3v) is 6.15. The molecule has 4 rings (SSSR count). The molecule has 3 N–H and O–H groups in total. The van der Waals surface area contributed by atoms with E-state index in [-0.39, 0.29) is 23.8 Å². The largest absolute Gasteiger partial charge is 0.490 e. The molecule has 2 aromatic rings. The van der Waals surface area contributed by atoms with Crippen molar-refractivity contribution in [3.63, 3.8) is 0 Å². The zero-order valence-electron chi connectivity index (χ0n) is 21.0. The molecule has 0 unspecified atom stereocenters. The van der Waals surface area contributed by atoms with Crippen molar-refractivity contribution in [1.29, 1.82) is 5.26 Å². The number of amides is 1. The topological polar surface area (TPSA) is 150 Å². The van der Waals surface area contributed by atoms with E-state index < -0.39 is 17.8 Å². The van der Waals surface area contributed by atoms with Crippen molar-refractivity contribution in [3.8, 4) is 17.6 Å². The summed E-state index contributed by atoms with van der Waals surface area (Å²) in [6, 6.07) is 13.4. The first-order valence-electron chi connectivity index (χ1n) is 12.1. The van der Waals surface area contributed by atoms with E-state index in [9.17, 15) is 19.6 Å². The summed E-state index contributed by atoms with van der Waals surface area (Å²) in [6.45, 7) is 1.82. The second-order valence-corrected chi connectivity index (χ2v) is 8.58. The van der Waals surface area contributed by atoms with E-state index in [1.54, 1.807) is 49.4 Å². The summed E-state index contributed by atoms with van der Waals surface area (Å²) >= 11 is 0. The van der Waals surface area contributed by atoms with Gasteiger partial charge in [0, 0.05) is 24.1 Å². The van der Waals surface area contributed by atoms with Gasteiger partial charge in [-0.05, 0) is 55.3 Å². The number of nitrogens with zero attached hydrogens (tertiary/aromatic N) is 1. The van der Waals surface area contributed by atoms with E-state index >= 15 is 0 Å². The Morgan fingerprint density at radius 2 is 1.89 bits per heavy atom. The highest BCUT2D eigenvalue weighted by Gasteiger charge is 2.38. The van der Waals surface area contributed by atoms with Crippen LogP contribution in [0.5, 0.6) is 11.5 Å². The van der Waals surface area contributed by atoms with E-state index in [2.05, 4.69) is 16.1 Å². The number of nitrogens with two attached hydrogens (primary N) is 1. The number of benzene rings is 2. The van der Waals surface area contributed by atoms with Gasteiger partial charge in [-0.2, -0.15) is 5.26 Å². The van der Waals surface area contributed by atoms with Crippen molar-refractivity contribution in [2.45, 2.75) is 32.1 Å². The number of carbonyl (C=O) groups excluding carboxylic acids is 3. The minimum absolute atomic E-state index is 0.0134. The van der Waals surface area contributed by atoms with Crippen molar-refractivity contribution in [2.75, 3.05) is 25.6 Å². The number of allylic oxidation sites excluding steroid dienone is 3. The van der Waals surface area contributed by atoms with Crippen LogP contribution in [0.15, 0.2) is 65.3 Å². The van der Waals surface area contributed by atoms with Crippen LogP contribution in [-0.4, -0.2) is 38.0 Å². The van der Waals surface area contributed by atoms with Crippen LogP contribution in [0.2, 0.25) is 0 Å². The lowest BCUT2D eigenvalue weighted by atomic mass is 9.77. The molecule has 0 bridgehead atoms. The van der Waals surface area contributed by atoms with Gasteiger partial charge in [-0.1, -0.05) is 6.07 Å². The number of methoxy groups -OCH3 is 1. The molecule has 1 atom stereocenters. The van der Waals surface area contributed by atoms with Crippen LogP contribution in [0.25, 0.3) is 0 Å². The van der Waals surface area contributed by atoms with Crippen molar-refractivity contribution in [3.05, 3.63) is 76.4 Å². The number of hydrogen-bond donors (Lipinski definition) is 2. The molecule has 0 spiro atoms. The quantitative estimate of drug-likeness (QED) is 0.500. The number of Topliss-reactive ketones (excluding diaryl/α,β-unsaturated/α-hetero) is 1. The monoisotopic (exact) mass is 517 g/mol. The lowest BCUT2D eigenvalue weighted by Gasteiger charge is -2.31. The molecule has 1 amide bonds. The van der Waals surface area contributed by atoms with E-state index in [4.69, 9.17) is 19.9 Å². The molecule has 0 saturated heterocycles. The second-order valence-electron chi connectivity index (χ2n) is 8.58. The van der Waals surface area contributed by atoms with Crippen LogP contribution in [0.3, 0.4) is 0 Å². The standard InChI is InChI=1S/C28H27N3O7/c1-3-36-23-13-17(25-19(14-29)27(30)38-22-6-4-5-20(32)26(22)25)9-12-21(23)37-15-24(33)31-18-10-7-16(8-11-18)28(34)35-2/h7-13,25H,3-6,15,30H2,1-2H3,(H,31,33)/t25-/m0/s1. The molecule has 2 aliphatic rings. The van der Waals surface area contributed by atoms with Crippen molar-refractivity contribution in [2.24, 2.45) is 5.73 Å². The van der Waals surface area contributed by atoms with Gasteiger partial charge in [-0.3, -0.25) is 9.59 Å². The molecular weight excluding hydrogens is 490 g/mol. The lowest BCUT2D eigenvalue weighted by Crippen LogP contribution is -2.27. The number of ether oxygens (including phenoxy) is 4. The number of nitriles is 1. The van der Waals surface area contributed by atoms with Gasteiger partial charge in [0.2, 0.25) is 5.88 Å². The van der Waals surface area contributed by atoms with Crippen LogP contribution in [0, 0.1) is 11.3 Å². The summed E-state index contributed by atoms with van der Waals surface area (Å²) in [5.41, 5.74) is 8.11. The van der Waals surface area contributed by atoms with Gasteiger partial charge in [-0.15, -0.1) is 0 Å². The molecule has 1 aliphatic heterocycles. The molecule has 1 aliphatic carbocycles. The summed E-state index contributed by atoms with van der Waals surface area (Å²) in [6.07, 6.45) is 1.60. The first kappa shape index (κ1) is 26.3. The summed E-state index contributed by atoms with van der Waals surface area (Å²) in [7, 11) is 1.29. The van der Waals surface area contributed by atoms with E-state index in [1.165, 1.54) is 7.11 Å². The van der Waals surface area contributed by atoms with Gasteiger partial charge < -0.3 is 30.0 Å². The number of rotatable bonds is 8. The number of carbonyl (C=O) groups is 3. The maximum Gasteiger partial charge on any atom is 0.337 e. The maximum absolute atomic E-state index is 12.8. The Balaban J connectivity index is 1.53. The molecule has 196 valence electrons. The molecule has 0 radical (unpaired) electrons. The molecule has 38 heavy (non-hydrogen) atoms. The number of anilines is 1. The highest BCUT2D eigenvalue weighted by molar-refractivity contribution is 5.99. The fraction of sp³-hybridized carbons (Fsp3) is 0.286. The van der Waals surface area contributed by atoms with E-state index in [0.29, 0.717) is 65.5 Å². The average Bonchev–Trinajstić information content (AvgIpc) is 2.92. The van der Waals surface area contributed by atoms with E-state index in [0.717, 1.165) is 0 Å². The van der Waals surface area contributed by atoms with Crippen LogP contribution < -0.4 is 20.5 Å². The summed E-state index contributed by atoms with van der Waals surface area (Å²) in [4.78, 5) is 36.9. The molecule has 0 saturated carbocycles. The van der Waals surface area contributed by atoms with Crippen LogP contribution in [0.1, 0.15) is 48.0 Å². The Bertz CT molecular complexity index is 1370. The summed E-state index contributed by atoms with van der Waals surface area (Å²) in [5, 5.41) is 12.5. The lowest BCUT2D eigenvalue weighted by molar-refractivity contribution is -0.118. The van der Waals surface area contributed by atoms with Crippen LogP contribution in [0.4, 0.5) is 5.69 Å². The van der Waals surface area contributed by atoms with E-state index in [1.807, 2.05) is 0 Å². The van der Waals surface area contributed by atoms with Gasteiger partial charge in [0.25, 0.3) is 5.91 Å².